The summed E-state index contributed by atoms with van der Waals surface area (Å²) < 4.78 is 0. The van der Waals surface area contributed by atoms with Crippen molar-refractivity contribution in [1.29, 1.82) is 10.8 Å². The third-order valence-electron chi connectivity index (χ3n) is 4.20. The highest BCUT2D eigenvalue weighted by molar-refractivity contribution is 6.23. The summed E-state index contributed by atoms with van der Waals surface area (Å²) in [7, 11) is 0. The molecular weight excluding hydrogens is 330 g/mol. The molecule has 2 N–H and O–H groups in total. The first-order valence-electron chi connectivity index (χ1n) is 9.08. The first-order chi connectivity index (χ1) is 13.0. The monoisotopic (exact) mass is 357 g/mol. The number of nitrogens with one attached hydrogen (secondary N) is 2. The molecule has 27 heavy (non-hydrogen) atoms. The van der Waals surface area contributed by atoms with Gasteiger partial charge in [0.25, 0.3) is 0 Å². The van der Waals surface area contributed by atoms with Crippen molar-refractivity contribution in [2.45, 2.75) is 20.3 Å². The van der Waals surface area contributed by atoms with Crippen LogP contribution in [0.15, 0.2) is 91.6 Å². The minimum absolute atomic E-state index is 0.117. The topological polar surface area (TPSA) is 50.9 Å². The van der Waals surface area contributed by atoms with Crippen LogP contribution in [0.3, 0.4) is 0 Å². The Bertz CT molecular complexity index is 830. The molecule has 0 aliphatic carbocycles. The molecule has 2 aromatic rings. The van der Waals surface area contributed by atoms with E-state index in [2.05, 4.69) is 6.58 Å². The van der Waals surface area contributed by atoms with E-state index < -0.39 is 0 Å². The highest BCUT2D eigenvalue weighted by atomic mass is 15.2. The van der Waals surface area contributed by atoms with Crippen LogP contribution < -0.4 is 4.90 Å². The van der Waals surface area contributed by atoms with E-state index >= 15 is 0 Å². The number of anilines is 1. The van der Waals surface area contributed by atoms with Crippen LogP contribution in [0.5, 0.6) is 0 Å². The van der Waals surface area contributed by atoms with E-state index in [9.17, 15) is 0 Å². The van der Waals surface area contributed by atoms with Crippen molar-refractivity contribution in [3.63, 3.8) is 0 Å². The summed E-state index contributed by atoms with van der Waals surface area (Å²) in [5.74, 6) is 0.557. The predicted octanol–water partition coefficient (Wildman–Crippen LogP) is 6.13. The molecule has 0 aromatic heterocycles. The molecule has 0 radical (unpaired) electrons. The number of aryl methyl sites for hydroxylation is 1. The van der Waals surface area contributed by atoms with Gasteiger partial charge in [0, 0.05) is 17.2 Å². The highest BCUT2D eigenvalue weighted by Crippen LogP contribution is 2.21. The molecule has 1 atom stereocenters. The molecule has 0 bridgehead atoms. The number of nitrogens with zero attached hydrogens (tertiary/aromatic N) is 1. The first kappa shape index (κ1) is 20.1. The first-order valence-corrected chi connectivity index (χ1v) is 9.08. The van der Waals surface area contributed by atoms with Gasteiger partial charge in [-0.1, -0.05) is 91.9 Å². The summed E-state index contributed by atoms with van der Waals surface area (Å²) >= 11 is 0. The van der Waals surface area contributed by atoms with Crippen LogP contribution in [0.1, 0.15) is 24.5 Å². The molecule has 0 fully saturated rings. The van der Waals surface area contributed by atoms with Gasteiger partial charge in [0.15, 0.2) is 0 Å². The van der Waals surface area contributed by atoms with Crippen molar-refractivity contribution in [2.24, 2.45) is 5.92 Å². The Labute approximate surface area is 162 Å². The second-order valence-electron chi connectivity index (χ2n) is 6.39. The zero-order chi connectivity index (χ0) is 19.6. The zero-order valence-electron chi connectivity index (χ0n) is 16.0. The maximum Gasteiger partial charge on any atom is 0.138 e. The Morgan fingerprint density at radius 1 is 1.04 bits per heavy atom. The number of hydrogen-bond donors (Lipinski definition) is 2. The smallest absolute Gasteiger partial charge is 0.138 e. The van der Waals surface area contributed by atoms with E-state index in [1.54, 1.807) is 11.0 Å². The average molecular weight is 358 g/mol. The predicted molar refractivity (Wildman–Crippen MR) is 117 cm³/mol. The molecule has 2 rings (SSSR count). The van der Waals surface area contributed by atoms with Gasteiger partial charge in [0.2, 0.25) is 0 Å². The molecule has 3 heteroatoms. The fourth-order valence-electron chi connectivity index (χ4n) is 2.64. The third kappa shape index (κ3) is 5.65. The lowest BCUT2D eigenvalue weighted by molar-refractivity contribution is 0.953. The second kappa shape index (κ2) is 10.1. The van der Waals surface area contributed by atoms with Crippen molar-refractivity contribution < 1.29 is 0 Å². The molecule has 0 aliphatic heterocycles. The summed E-state index contributed by atoms with van der Waals surface area (Å²) in [6.45, 7) is 7.66. The SMILES string of the molecule is C=CC=CCC=CC(C)C(=N)N(C(=N)c1ccc(C)cc1)c1ccccc1. The summed E-state index contributed by atoms with van der Waals surface area (Å²) in [5.41, 5.74) is 2.76. The molecule has 0 heterocycles. The average Bonchev–Trinajstić information content (AvgIpc) is 2.69. The Balaban J connectivity index is 2.28. The highest BCUT2D eigenvalue weighted by Gasteiger charge is 2.21. The maximum atomic E-state index is 8.73. The van der Waals surface area contributed by atoms with Gasteiger partial charge < -0.3 is 0 Å². The number of para-hydroxylation sites is 1. The van der Waals surface area contributed by atoms with Crippen LogP contribution in [-0.4, -0.2) is 11.7 Å². The number of hydrogen-bond acceptors (Lipinski definition) is 2. The standard InChI is InChI=1S/C24H27N3/c1-4-5-6-7-9-12-20(3)23(25)27(22-13-10-8-11-14-22)24(26)21-17-15-19(2)16-18-21/h4-6,8-18,20,25-26H,1,7H2,2-3H3. The molecule has 0 saturated carbocycles. The number of allylic oxidation sites excluding steroid dienone is 4. The van der Waals surface area contributed by atoms with Crippen molar-refractivity contribution >= 4 is 17.4 Å². The van der Waals surface area contributed by atoms with Gasteiger partial charge in [-0.05, 0) is 25.5 Å². The fraction of sp³-hybridized carbons (Fsp3) is 0.167. The van der Waals surface area contributed by atoms with Gasteiger partial charge in [0.1, 0.15) is 11.7 Å². The summed E-state index contributed by atoms with van der Waals surface area (Å²) in [6.07, 6.45) is 10.5. The van der Waals surface area contributed by atoms with E-state index in [0.29, 0.717) is 11.7 Å². The Hall–Kier alpha value is -3.20. The van der Waals surface area contributed by atoms with E-state index in [0.717, 1.165) is 23.2 Å². The van der Waals surface area contributed by atoms with Gasteiger partial charge in [-0.25, -0.2) is 0 Å². The second-order valence-corrected chi connectivity index (χ2v) is 6.39. The lowest BCUT2D eigenvalue weighted by Crippen LogP contribution is -2.39. The van der Waals surface area contributed by atoms with Crippen molar-refractivity contribution in [3.05, 3.63) is 103 Å². The Morgan fingerprint density at radius 3 is 2.33 bits per heavy atom. The van der Waals surface area contributed by atoms with Gasteiger partial charge in [-0.2, -0.15) is 0 Å². The van der Waals surface area contributed by atoms with Crippen molar-refractivity contribution in [3.8, 4) is 0 Å². The molecule has 1 unspecified atom stereocenters. The van der Waals surface area contributed by atoms with Crippen LogP contribution in [0, 0.1) is 23.7 Å². The molecular formula is C24H27N3. The van der Waals surface area contributed by atoms with Gasteiger partial charge in [-0.15, -0.1) is 0 Å². The van der Waals surface area contributed by atoms with Gasteiger partial charge in [0.05, 0.1) is 0 Å². The van der Waals surface area contributed by atoms with Gasteiger partial charge >= 0.3 is 0 Å². The molecule has 3 nitrogen and oxygen atoms in total. The van der Waals surface area contributed by atoms with Crippen LogP contribution in [0.4, 0.5) is 5.69 Å². The van der Waals surface area contributed by atoms with E-state index in [1.165, 1.54) is 0 Å². The van der Waals surface area contributed by atoms with Crippen LogP contribution >= 0.6 is 0 Å². The van der Waals surface area contributed by atoms with Crippen LogP contribution in [-0.2, 0) is 0 Å². The lowest BCUT2D eigenvalue weighted by atomic mass is 10.1. The normalized spacial score (nSPS) is 12.2. The summed E-state index contributed by atoms with van der Waals surface area (Å²) in [6, 6.07) is 17.5. The largest absolute Gasteiger partial charge is 0.287 e. The molecule has 2 aromatic carbocycles. The van der Waals surface area contributed by atoms with Crippen LogP contribution in [0.25, 0.3) is 0 Å². The molecule has 0 aliphatic rings. The van der Waals surface area contributed by atoms with E-state index in [1.807, 2.05) is 92.7 Å². The molecule has 0 saturated heterocycles. The Morgan fingerprint density at radius 2 is 1.70 bits per heavy atom. The third-order valence-corrected chi connectivity index (χ3v) is 4.20. The van der Waals surface area contributed by atoms with Gasteiger partial charge in [-0.3, -0.25) is 15.7 Å². The van der Waals surface area contributed by atoms with E-state index in [4.69, 9.17) is 10.8 Å². The quantitative estimate of drug-likeness (QED) is 0.266. The molecule has 138 valence electrons. The summed E-state index contributed by atoms with van der Waals surface area (Å²) in [5, 5.41) is 17.5. The minimum Gasteiger partial charge on any atom is -0.287 e. The maximum absolute atomic E-state index is 8.73. The molecule has 0 spiro atoms. The van der Waals surface area contributed by atoms with Crippen molar-refractivity contribution in [1.82, 2.24) is 0 Å². The van der Waals surface area contributed by atoms with Crippen molar-refractivity contribution in [2.75, 3.05) is 4.90 Å². The number of rotatable bonds is 7. The minimum atomic E-state index is -0.117. The lowest BCUT2D eigenvalue weighted by Gasteiger charge is -2.28. The number of benzene rings is 2. The molecule has 0 amide bonds. The van der Waals surface area contributed by atoms with Crippen LogP contribution in [0.2, 0.25) is 0 Å². The zero-order valence-corrected chi connectivity index (χ0v) is 16.0. The Kier molecular flexibility index (Phi) is 7.50. The summed E-state index contributed by atoms with van der Waals surface area (Å²) in [4.78, 5) is 1.71. The fourth-order valence-corrected chi connectivity index (χ4v) is 2.64. The van der Waals surface area contributed by atoms with E-state index in [-0.39, 0.29) is 5.92 Å². The number of amidine groups is 2.